The molecule has 4 aromatic carbocycles. The largest absolute Gasteiger partial charge is 0.495 e. The lowest BCUT2D eigenvalue weighted by atomic mass is 10.0. The first kappa shape index (κ1) is 28.5. The summed E-state index contributed by atoms with van der Waals surface area (Å²) in [5.41, 5.74) is 4.56. The fourth-order valence-corrected chi connectivity index (χ4v) is 7.49. The Kier molecular flexibility index (Phi) is 7.43. The molecule has 1 saturated heterocycles. The van der Waals surface area contributed by atoms with Crippen LogP contribution in [0.5, 0.6) is 5.75 Å². The molecule has 4 aromatic rings. The number of aryl methyl sites for hydroxylation is 2. The lowest BCUT2D eigenvalue weighted by Gasteiger charge is -2.36. The Morgan fingerprint density at radius 1 is 0.814 bits per heavy atom. The number of piperazine rings is 1. The van der Waals surface area contributed by atoms with E-state index in [-0.39, 0.29) is 33.5 Å². The molecule has 9 heteroatoms. The van der Waals surface area contributed by atoms with Crippen molar-refractivity contribution in [3.05, 3.63) is 113 Å². The van der Waals surface area contributed by atoms with Gasteiger partial charge in [0.25, 0.3) is 11.8 Å². The molecule has 2 heterocycles. The van der Waals surface area contributed by atoms with E-state index in [1.165, 1.54) is 17.0 Å². The molecule has 0 atom stereocenters. The number of sulfone groups is 1. The fraction of sp³-hybridized carbons (Fsp3) is 0.235. The van der Waals surface area contributed by atoms with E-state index < -0.39 is 15.7 Å². The van der Waals surface area contributed by atoms with Gasteiger partial charge in [0, 0.05) is 31.7 Å². The van der Waals surface area contributed by atoms with Crippen molar-refractivity contribution in [2.24, 2.45) is 0 Å². The molecule has 43 heavy (non-hydrogen) atoms. The van der Waals surface area contributed by atoms with Gasteiger partial charge in [0.1, 0.15) is 5.75 Å². The van der Waals surface area contributed by atoms with Crippen molar-refractivity contribution >= 4 is 33.0 Å². The zero-order valence-corrected chi connectivity index (χ0v) is 25.2. The minimum Gasteiger partial charge on any atom is -0.495 e. The molecule has 2 aliphatic rings. The van der Waals surface area contributed by atoms with Crippen LogP contribution < -0.4 is 14.5 Å². The number of fused-ring (bicyclic) bond motifs is 2. The van der Waals surface area contributed by atoms with Crippen LogP contribution in [0, 0.1) is 13.8 Å². The number of hydrogen-bond acceptors (Lipinski definition) is 6. The standard InChI is InChI=1S/C34H33N3O5S/c1-23-12-13-24(2)26(20-23)22-37-29-21-25(14-15-32(29)43(40,41)31-11-7-4-8-27(31)34(37)39)33(38)36-18-16-35(17-19-36)28-9-5-6-10-30(28)42-3/h4-15,20-21H,16-19,22H2,1-3H3. The molecular weight excluding hydrogens is 562 g/mol. The van der Waals surface area contributed by atoms with Crippen LogP contribution in [-0.4, -0.2) is 58.4 Å². The minimum absolute atomic E-state index is 0.00801. The van der Waals surface area contributed by atoms with E-state index in [9.17, 15) is 18.0 Å². The lowest BCUT2D eigenvalue weighted by Crippen LogP contribution is -2.48. The third kappa shape index (κ3) is 5.14. The van der Waals surface area contributed by atoms with Crippen molar-refractivity contribution in [2.45, 2.75) is 30.2 Å². The van der Waals surface area contributed by atoms with Crippen molar-refractivity contribution < 1.29 is 22.7 Å². The molecule has 0 spiro atoms. The number of para-hydroxylation sites is 2. The number of amides is 2. The molecule has 0 radical (unpaired) electrons. The first-order chi connectivity index (χ1) is 20.7. The molecule has 8 nitrogen and oxygen atoms in total. The third-order valence-corrected chi connectivity index (χ3v) is 10.1. The highest BCUT2D eigenvalue weighted by Crippen LogP contribution is 2.39. The lowest BCUT2D eigenvalue weighted by molar-refractivity contribution is 0.0746. The molecule has 0 N–H and O–H groups in total. The third-order valence-electron chi connectivity index (χ3n) is 8.26. The summed E-state index contributed by atoms with van der Waals surface area (Å²) in [5, 5.41) is 0. The SMILES string of the molecule is COc1ccccc1N1CCN(C(=O)c2ccc3c(c2)N(Cc2cc(C)ccc2C)C(=O)c2ccccc2S3(=O)=O)CC1. The van der Waals surface area contributed by atoms with Gasteiger partial charge in [0.05, 0.1) is 40.4 Å². The number of rotatable bonds is 5. The summed E-state index contributed by atoms with van der Waals surface area (Å²) in [6, 6.07) is 24.7. The van der Waals surface area contributed by atoms with E-state index in [2.05, 4.69) is 4.90 Å². The summed E-state index contributed by atoms with van der Waals surface area (Å²) >= 11 is 0. The highest BCUT2D eigenvalue weighted by atomic mass is 32.2. The van der Waals surface area contributed by atoms with Crippen LogP contribution in [0.2, 0.25) is 0 Å². The van der Waals surface area contributed by atoms with Crippen molar-refractivity contribution in [3.63, 3.8) is 0 Å². The van der Waals surface area contributed by atoms with E-state index in [0.29, 0.717) is 31.7 Å². The molecule has 0 unspecified atom stereocenters. The van der Waals surface area contributed by atoms with Crippen LogP contribution in [0.4, 0.5) is 11.4 Å². The maximum Gasteiger partial charge on any atom is 0.259 e. The Bertz CT molecular complexity index is 1840. The second-order valence-corrected chi connectivity index (χ2v) is 12.8. The summed E-state index contributed by atoms with van der Waals surface area (Å²) in [6.07, 6.45) is 0. The van der Waals surface area contributed by atoms with Crippen LogP contribution in [0.15, 0.2) is 94.7 Å². The van der Waals surface area contributed by atoms with Gasteiger partial charge in [0.2, 0.25) is 9.84 Å². The van der Waals surface area contributed by atoms with Crippen molar-refractivity contribution in [1.29, 1.82) is 0 Å². The zero-order chi connectivity index (χ0) is 30.3. The van der Waals surface area contributed by atoms with Crippen LogP contribution in [0.25, 0.3) is 0 Å². The average molecular weight is 596 g/mol. The maximum atomic E-state index is 14.0. The Balaban J connectivity index is 1.36. The van der Waals surface area contributed by atoms with E-state index >= 15 is 0 Å². The second kappa shape index (κ2) is 11.2. The maximum absolute atomic E-state index is 14.0. The normalized spacial score (nSPS) is 15.9. The van der Waals surface area contributed by atoms with Crippen molar-refractivity contribution in [3.8, 4) is 5.75 Å². The molecule has 2 aliphatic heterocycles. The molecule has 2 amide bonds. The van der Waals surface area contributed by atoms with Gasteiger partial charge in [-0.15, -0.1) is 0 Å². The first-order valence-electron chi connectivity index (χ1n) is 14.2. The van der Waals surface area contributed by atoms with E-state index in [4.69, 9.17) is 4.74 Å². The fourth-order valence-electron chi connectivity index (χ4n) is 5.86. The van der Waals surface area contributed by atoms with Crippen molar-refractivity contribution in [2.75, 3.05) is 43.1 Å². The van der Waals surface area contributed by atoms with Gasteiger partial charge in [0.15, 0.2) is 0 Å². The number of carbonyl (C=O) groups is 2. The van der Waals surface area contributed by atoms with Gasteiger partial charge in [-0.05, 0) is 67.4 Å². The van der Waals surface area contributed by atoms with Gasteiger partial charge >= 0.3 is 0 Å². The van der Waals surface area contributed by atoms with Crippen LogP contribution in [-0.2, 0) is 16.4 Å². The molecule has 220 valence electrons. The van der Waals surface area contributed by atoms with Gasteiger partial charge in [-0.25, -0.2) is 8.42 Å². The Morgan fingerprint density at radius 3 is 2.30 bits per heavy atom. The number of anilines is 2. The van der Waals surface area contributed by atoms with E-state index in [0.717, 1.165) is 28.1 Å². The number of ether oxygens (including phenoxy) is 1. The molecule has 0 aliphatic carbocycles. The minimum atomic E-state index is -4.03. The van der Waals surface area contributed by atoms with E-state index in [1.54, 1.807) is 42.3 Å². The number of hydrogen-bond donors (Lipinski definition) is 0. The van der Waals surface area contributed by atoms with Gasteiger partial charge in [-0.2, -0.15) is 0 Å². The smallest absolute Gasteiger partial charge is 0.259 e. The van der Waals surface area contributed by atoms with Gasteiger partial charge in [-0.3, -0.25) is 9.59 Å². The second-order valence-electron chi connectivity index (χ2n) is 11.0. The number of carbonyl (C=O) groups excluding carboxylic acids is 2. The van der Waals surface area contributed by atoms with Crippen LogP contribution >= 0.6 is 0 Å². The summed E-state index contributed by atoms with van der Waals surface area (Å²) in [7, 11) is -2.39. The topological polar surface area (TPSA) is 87.2 Å². The molecular formula is C34H33N3O5S. The summed E-state index contributed by atoms with van der Waals surface area (Å²) in [4.78, 5) is 33.3. The summed E-state index contributed by atoms with van der Waals surface area (Å²) in [5.74, 6) is 0.151. The van der Waals surface area contributed by atoms with Crippen LogP contribution in [0.1, 0.15) is 37.4 Å². The molecule has 6 rings (SSSR count). The predicted molar refractivity (Wildman–Crippen MR) is 166 cm³/mol. The Labute approximate surface area is 252 Å². The quantitative estimate of drug-likeness (QED) is 0.313. The monoisotopic (exact) mass is 595 g/mol. The van der Waals surface area contributed by atoms with E-state index in [1.807, 2.05) is 56.3 Å². The summed E-state index contributed by atoms with van der Waals surface area (Å²) in [6.45, 7) is 6.33. The highest BCUT2D eigenvalue weighted by molar-refractivity contribution is 7.91. The first-order valence-corrected chi connectivity index (χ1v) is 15.7. The van der Waals surface area contributed by atoms with Crippen molar-refractivity contribution in [1.82, 2.24) is 4.90 Å². The predicted octanol–water partition coefficient (Wildman–Crippen LogP) is 5.27. The number of benzene rings is 4. The van der Waals surface area contributed by atoms with Gasteiger partial charge < -0.3 is 19.4 Å². The average Bonchev–Trinajstić information content (AvgIpc) is 3.10. The molecule has 0 saturated carbocycles. The zero-order valence-electron chi connectivity index (χ0n) is 24.4. The number of nitrogens with zero attached hydrogens (tertiary/aromatic N) is 3. The molecule has 0 bridgehead atoms. The number of methoxy groups -OCH3 is 1. The Morgan fingerprint density at radius 2 is 1.53 bits per heavy atom. The summed E-state index contributed by atoms with van der Waals surface area (Å²) < 4.78 is 33.3. The Hall–Kier alpha value is -4.63. The molecule has 1 fully saturated rings. The van der Waals surface area contributed by atoms with Crippen LogP contribution in [0.3, 0.4) is 0 Å². The highest BCUT2D eigenvalue weighted by Gasteiger charge is 2.36. The van der Waals surface area contributed by atoms with Gasteiger partial charge in [-0.1, -0.05) is 48.0 Å². The molecule has 0 aromatic heterocycles.